The number of alkyl halides is 3. The third-order valence-electron chi connectivity index (χ3n) is 5.72. The molecule has 2 heterocycles. The van der Waals surface area contributed by atoms with Crippen LogP contribution in [-0.2, 0) is 11.3 Å². The Morgan fingerprint density at radius 2 is 1.85 bits per heavy atom. The van der Waals surface area contributed by atoms with Gasteiger partial charge in [0.2, 0.25) is 5.91 Å². The summed E-state index contributed by atoms with van der Waals surface area (Å²) in [6.07, 6.45) is -0.0324. The fourth-order valence-electron chi connectivity index (χ4n) is 3.94. The Hall–Kier alpha value is -4.43. The van der Waals surface area contributed by atoms with Gasteiger partial charge in [-0.25, -0.2) is 0 Å². The number of halogens is 3. The molecule has 0 unspecified atom stereocenters. The van der Waals surface area contributed by atoms with Crippen molar-refractivity contribution < 1.29 is 32.2 Å². The van der Waals surface area contributed by atoms with Gasteiger partial charge in [-0.05, 0) is 66.9 Å². The molecule has 212 valence electrons. The Balaban J connectivity index is 1.16. The molecule has 0 saturated heterocycles. The van der Waals surface area contributed by atoms with Gasteiger partial charge in [0.05, 0.1) is 29.9 Å². The van der Waals surface area contributed by atoms with Gasteiger partial charge in [0.15, 0.2) is 0 Å². The standard InChI is InChI=1S/C26H28F3N7O4/c27-26(28,29)40-20-8-16(7-18(9-20)25(31)37)13-32-3-1-2-4-38-5-6-39-23-11-17(10-22-21(23)15-34-35-22)19-12-24(30)36-33-14-19/h7-12,14-15,32H,1-6,13H2,(H2,30,36)(H2,31,37)(H,34,35). The zero-order valence-corrected chi connectivity index (χ0v) is 21.3. The van der Waals surface area contributed by atoms with Crippen molar-refractivity contribution in [2.45, 2.75) is 25.7 Å². The van der Waals surface area contributed by atoms with Crippen molar-refractivity contribution in [1.82, 2.24) is 25.7 Å². The number of unbranched alkanes of at least 4 members (excludes halogenated alkanes) is 1. The zero-order valence-electron chi connectivity index (χ0n) is 21.3. The van der Waals surface area contributed by atoms with Crippen LogP contribution in [0.1, 0.15) is 28.8 Å². The SMILES string of the molecule is NC(=O)c1cc(CNCCCCOCCOc2cc(-c3cnnc(N)c3)cc3[nH]ncc23)cc(OC(F)(F)F)c1. The third-order valence-corrected chi connectivity index (χ3v) is 5.72. The molecule has 4 rings (SSSR count). The fraction of sp³-hybridized carbons (Fsp3) is 0.308. The normalized spacial score (nSPS) is 11.6. The van der Waals surface area contributed by atoms with E-state index in [-0.39, 0.29) is 12.1 Å². The lowest BCUT2D eigenvalue weighted by Crippen LogP contribution is -2.20. The van der Waals surface area contributed by atoms with Crippen molar-refractivity contribution in [2.75, 3.05) is 32.1 Å². The highest BCUT2D eigenvalue weighted by Crippen LogP contribution is 2.31. The predicted octanol–water partition coefficient (Wildman–Crippen LogP) is 3.57. The molecule has 11 nitrogen and oxygen atoms in total. The second kappa shape index (κ2) is 13.1. The van der Waals surface area contributed by atoms with E-state index in [1.54, 1.807) is 18.5 Å². The van der Waals surface area contributed by atoms with E-state index in [1.165, 1.54) is 12.1 Å². The average Bonchev–Trinajstić information content (AvgIpc) is 3.37. The summed E-state index contributed by atoms with van der Waals surface area (Å²) in [5.74, 6) is -0.368. The maximum Gasteiger partial charge on any atom is 0.573 e. The number of aromatic nitrogens is 4. The van der Waals surface area contributed by atoms with Crippen LogP contribution in [0.2, 0.25) is 0 Å². The van der Waals surface area contributed by atoms with E-state index in [0.717, 1.165) is 40.9 Å². The molecule has 0 bridgehead atoms. The van der Waals surface area contributed by atoms with Crippen LogP contribution in [0, 0.1) is 0 Å². The summed E-state index contributed by atoms with van der Waals surface area (Å²) < 4.78 is 53.2. The van der Waals surface area contributed by atoms with Gasteiger partial charge in [0, 0.05) is 24.3 Å². The summed E-state index contributed by atoms with van der Waals surface area (Å²) in [4.78, 5) is 11.4. The van der Waals surface area contributed by atoms with E-state index in [9.17, 15) is 18.0 Å². The number of H-pyrrole nitrogens is 1. The molecule has 14 heteroatoms. The number of carbonyl (C=O) groups excluding carboxylic acids is 1. The molecule has 6 N–H and O–H groups in total. The van der Waals surface area contributed by atoms with Crippen molar-refractivity contribution in [3.63, 3.8) is 0 Å². The van der Waals surface area contributed by atoms with Crippen LogP contribution >= 0.6 is 0 Å². The molecule has 0 spiro atoms. The van der Waals surface area contributed by atoms with E-state index >= 15 is 0 Å². The zero-order chi connectivity index (χ0) is 28.5. The number of nitrogens with zero attached hydrogens (tertiary/aromatic N) is 3. The van der Waals surface area contributed by atoms with Gasteiger partial charge in [0.25, 0.3) is 0 Å². The van der Waals surface area contributed by atoms with E-state index in [2.05, 4.69) is 30.4 Å². The summed E-state index contributed by atoms with van der Waals surface area (Å²) >= 11 is 0. The van der Waals surface area contributed by atoms with Crippen molar-refractivity contribution >= 4 is 22.6 Å². The minimum Gasteiger partial charge on any atom is -0.490 e. The number of rotatable bonds is 14. The number of fused-ring (bicyclic) bond motifs is 1. The van der Waals surface area contributed by atoms with Crippen molar-refractivity contribution in [3.8, 4) is 22.6 Å². The van der Waals surface area contributed by atoms with Crippen LogP contribution in [0.15, 0.2) is 48.8 Å². The second-order valence-electron chi connectivity index (χ2n) is 8.80. The Labute approximate surface area is 227 Å². The number of nitrogens with two attached hydrogens (primary N) is 2. The number of anilines is 1. The first-order valence-electron chi connectivity index (χ1n) is 12.3. The molecular weight excluding hydrogens is 531 g/mol. The molecule has 4 aromatic rings. The highest BCUT2D eigenvalue weighted by molar-refractivity contribution is 5.93. The first-order chi connectivity index (χ1) is 19.2. The van der Waals surface area contributed by atoms with Gasteiger partial charge in [-0.1, -0.05) is 0 Å². The van der Waals surface area contributed by atoms with Crippen LogP contribution in [0.25, 0.3) is 22.0 Å². The lowest BCUT2D eigenvalue weighted by molar-refractivity contribution is -0.274. The molecule has 40 heavy (non-hydrogen) atoms. The minimum atomic E-state index is -4.87. The minimum absolute atomic E-state index is 0.0616. The van der Waals surface area contributed by atoms with Crippen molar-refractivity contribution in [2.24, 2.45) is 5.73 Å². The number of nitrogen functional groups attached to an aromatic ring is 1. The number of carbonyl (C=O) groups is 1. The summed E-state index contributed by atoms with van der Waals surface area (Å²) in [5.41, 5.74) is 13.8. The van der Waals surface area contributed by atoms with E-state index < -0.39 is 18.0 Å². The molecule has 0 saturated carbocycles. The maximum atomic E-state index is 12.6. The number of hydrogen-bond acceptors (Lipinski definition) is 9. The second-order valence-corrected chi connectivity index (χ2v) is 8.80. The van der Waals surface area contributed by atoms with Gasteiger partial charge in [-0.15, -0.1) is 18.3 Å². The van der Waals surface area contributed by atoms with Crippen LogP contribution in [0.4, 0.5) is 19.0 Å². The average molecular weight is 560 g/mol. The van der Waals surface area contributed by atoms with Gasteiger partial charge in [-0.2, -0.15) is 10.2 Å². The van der Waals surface area contributed by atoms with E-state index in [0.29, 0.717) is 43.5 Å². The number of amides is 1. The Kier molecular flexibility index (Phi) is 9.35. The highest BCUT2D eigenvalue weighted by Gasteiger charge is 2.31. The van der Waals surface area contributed by atoms with Crippen molar-refractivity contribution in [1.29, 1.82) is 0 Å². The van der Waals surface area contributed by atoms with Gasteiger partial charge in [-0.3, -0.25) is 9.89 Å². The van der Waals surface area contributed by atoms with Gasteiger partial charge in [0.1, 0.15) is 23.9 Å². The monoisotopic (exact) mass is 559 g/mol. The molecule has 1 amide bonds. The Bertz CT molecular complexity index is 1450. The number of nitrogens with one attached hydrogen (secondary N) is 2. The van der Waals surface area contributed by atoms with Crippen molar-refractivity contribution in [3.05, 3.63) is 59.9 Å². The Morgan fingerprint density at radius 1 is 1.00 bits per heavy atom. The molecule has 0 aliphatic rings. The molecule has 0 aliphatic carbocycles. The van der Waals surface area contributed by atoms with Gasteiger partial charge < -0.3 is 31.0 Å². The Morgan fingerprint density at radius 3 is 2.62 bits per heavy atom. The number of primary amides is 1. The molecule has 2 aromatic carbocycles. The lowest BCUT2D eigenvalue weighted by atomic mass is 10.1. The summed E-state index contributed by atoms with van der Waals surface area (Å²) in [7, 11) is 0. The number of benzene rings is 2. The highest BCUT2D eigenvalue weighted by atomic mass is 19.4. The summed E-state index contributed by atoms with van der Waals surface area (Å²) in [6, 6.07) is 9.15. The summed E-state index contributed by atoms with van der Waals surface area (Å²) in [6.45, 7) is 2.05. The van der Waals surface area contributed by atoms with E-state index in [1.807, 2.05) is 12.1 Å². The molecule has 0 radical (unpaired) electrons. The molecule has 0 atom stereocenters. The number of ether oxygens (including phenoxy) is 3. The lowest BCUT2D eigenvalue weighted by Gasteiger charge is -2.12. The van der Waals surface area contributed by atoms with E-state index in [4.69, 9.17) is 20.9 Å². The number of hydrogen-bond donors (Lipinski definition) is 4. The number of aromatic amines is 1. The van der Waals surface area contributed by atoms with Crippen LogP contribution in [0.5, 0.6) is 11.5 Å². The smallest absolute Gasteiger partial charge is 0.490 e. The first kappa shape index (κ1) is 28.6. The molecule has 0 fully saturated rings. The van der Waals surface area contributed by atoms with Crippen LogP contribution in [0.3, 0.4) is 0 Å². The topological polar surface area (TPSA) is 163 Å². The third kappa shape index (κ3) is 8.28. The molecule has 0 aliphatic heterocycles. The largest absolute Gasteiger partial charge is 0.573 e. The predicted molar refractivity (Wildman–Crippen MR) is 140 cm³/mol. The van der Waals surface area contributed by atoms with Gasteiger partial charge >= 0.3 is 6.36 Å². The molecular formula is C26H28F3N7O4. The van der Waals surface area contributed by atoms with Crippen LogP contribution in [-0.4, -0.2) is 59.0 Å². The fourth-order valence-corrected chi connectivity index (χ4v) is 3.94. The summed E-state index contributed by atoms with van der Waals surface area (Å²) in [5, 5.41) is 18.7. The quantitative estimate of drug-likeness (QED) is 0.169. The van der Waals surface area contributed by atoms with Crippen LogP contribution < -0.4 is 26.3 Å². The molecule has 2 aromatic heterocycles. The first-order valence-corrected chi connectivity index (χ1v) is 12.3. The maximum absolute atomic E-state index is 12.6.